The molecule has 0 radical (unpaired) electrons. The largest absolute Gasteiger partial charge is 0.294 e. The number of aryl methyl sites for hydroxylation is 1. The van der Waals surface area contributed by atoms with E-state index in [1.165, 1.54) is 55.2 Å². The fraction of sp³-hybridized carbons (Fsp3) is 0.0357. The van der Waals surface area contributed by atoms with E-state index in [0.717, 1.165) is 33.6 Å². The third-order valence-electron chi connectivity index (χ3n) is 12.2. The smallest absolute Gasteiger partial charge is 0.249 e. The molecule has 4 nitrogen and oxygen atoms in total. The van der Waals surface area contributed by atoms with Gasteiger partial charge >= 0.3 is 0 Å². The van der Waals surface area contributed by atoms with Crippen molar-refractivity contribution >= 4 is 32.8 Å². The van der Waals surface area contributed by atoms with Crippen LogP contribution in [0.15, 0.2) is 231 Å². The summed E-state index contributed by atoms with van der Waals surface area (Å²) in [5.74, 6) is 0.873. The third kappa shape index (κ3) is 5.68. The van der Waals surface area contributed by atoms with Crippen LogP contribution in [0.4, 0.5) is 0 Å². The van der Waals surface area contributed by atoms with Crippen LogP contribution in [0.25, 0.3) is 66.6 Å². The topological polar surface area (TPSA) is 26.6 Å². The summed E-state index contributed by atoms with van der Waals surface area (Å²) >= 11 is 0. The van der Waals surface area contributed by atoms with Crippen molar-refractivity contribution < 1.29 is 4.57 Å². The minimum Gasteiger partial charge on any atom is -0.294 e. The first-order valence-corrected chi connectivity index (χ1v) is 20.5. The monoisotopic (exact) mass is 769 g/mol. The molecule has 0 aliphatic carbocycles. The first-order valence-electron chi connectivity index (χ1n) is 20.5. The zero-order valence-electron chi connectivity index (χ0n) is 33.2. The van der Waals surface area contributed by atoms with Gasteiger partial charge in [0.1, 0.15) is 11.5 Å². The predicted molar refractivity (Wildman–Crippen MR) is 246 cm³/mol. The van der Waals surface area contributed by atoms with Crippen molar-refractivity contribution in [3.63, 3.8) is 0 Å². The SMILES string of the molecule is C[n+]1cn(-c2cccc(C(c3ccccc3)(c3ccccc3)c3ccc4c5ccccc5n(-c5cc(-c6ccccc6-c6ccccc6)ccn5)c4c3)c2)c2ccccc21. The van der Waals surface area contributed by atoms with Gasteiger partial charge in [-0.1, -0.05) is 170 Å². The average molecular weight is 770 g/mol. The van der Waals surface area contributed by atoms with E-state index in [9.17, 15) is 0 Å². The first-order chi connectivity index (χ1) is 29.7. The maximum atomic E-state index is 5.11. The minimum absolute atomic E-state index is 0.678. The Hall–Kier alpha value is -7.82. The molecule has 0 unspecified atom stereocenters. The molecule has 11 rings (SSSR count). The van der Waals surface area contributed by atoms with E-state index in [1.807, 2.05) is 6.20 Å². The molecule has 0 fully saturated rings. The Balaban J connectivity index is 1.18. The van der Waals surface area contributed by atoms with Crippen molar-refractivity contribution in [3.05, 3.63) is 253 Å². The van der Waals surface area contributed by atoms with Crippen molar-refractivity contribution in [1.29, 1.82) is 0 Å². The number of benzene rings is 8. The Labute approximate surface area is 349 Å². The normalized spacial score (nSPS) is 11.8. The van der Waals surface area contributed by atoms with E-state index in [4.69, 9.17) is 4.98 Å². The molecule has 0 bridgehead atoms. The van der Waals surface area contributed by atoms with Crippen LogP contribution in [-0.4, -0.2) is 14.1 Å². The van der Waals surface area contributed by atoms with E-state index < -0.39 is 5.41 Å². The number of pyridine rings is 1. The number of imidazole rings is 1. The van der Waals surface area contributed by atoms with Gasteiger partial charge in [0.2, 0.25) is 6.33 Å². The third-order valence-corrected chi connectivity index (χ3v) is 12.2. The van der Waals surface area contributed by atoms with Gasteiger partial charge in [0.15, 0.2) is 11.0 Å². The molecule has 0 aliphatic heterocycles. The van der Waals surface area contributed by atoms with Gasteiger partial charge in [-0.15, -0.1) is 0 Å². The fourth-order valence-electron chi connectivity index (χ4n) is 9.50. The summed E-state index contributed by atoms with van der Waals surface area (Å²) in [7, 11) is 2.11. The van der Waals surface area contributed by atoms with Crippen molar-refractivity contribution in [2.45, 2.75) is 5.41 Å². The highest BCUT2D eigenvalue weighted by Crippen LogP contribution is 2.47. The second-order valence-electron chi connectivity index (χ2n) is 15.5. The van der Waals surface area contributed by atoms with Crippen LogP contribution >= 0.6 is 0 Å². The van der Waals surface area contributed by atoms with Crippen LogP contribution in [0.2, 0.25) is 0 Å². The lowest BCUT2D eigenvalue weighted by Gasteiger charge is -2.37. The van der Waals surface area contributed by atoms with Crippen molar-refractivity contribution in [2.75, 3.05) is 0 Å². The molecule has 0 N–H and O–H groups in total. The molecule has 0 saturated heterocycles. The molecular weight excluding hydrogens is 729 g/mol. The maximum absolute atomic E-state index is 5.11. The average Bonchev–Trinajstić information content (AvgIpc) is 3.84. The molecule has 4 heteroatoms. The molecule has 11 aromatic rings. The number of hydrogen-bond donors (Lipinski definition) is 0. The van der Waals surface area contributed by atoms with E-state index in [1.54, 1.807) is 0 Å². The zero-order chi connectivity index (χ0) is 40.0. The van der Waals surface area contributed by atoms with Gasteiger partial charge in [-0.2, -0.15) is 4.57 Å². The van der Waals surface area contributed by atoms with Crippen LogP contribution in [0.1, 0.15) is 22.3 Å². The van der Waals surface area contributed by atoms with E-state index in [-0.39, 0.29) is 0 Å². The summed E-state index contributed by atoms with van der Waals surface area (Å²) in [6.45, 7) is 0. The number of rotatable bonds is 8. The molecule has 0 spiro atoms. The number of nitrogens with zero attached hydrogens (tertiary/aromatic N) is 4. The van der Waals surface area contributed by atoms with Gasteiger partial charge in [0.05, 0.1) is 23.5 Å². The van der Waals surface area contributed by atoms with Gasteiger partial charge in [-0.25, -0.2) is 9.55 Å². The second-order valence-corrected chi connectivity index (χ2v) is 15.5. The molecule has 0 amide bonds. The molecule has 60 heavy (non-hydrogen) atoms. The summed E-state index contributed by atoms with van der Waals surface area (Å²) in [5, 5.41) is 2.37. The van der Waals surface area contributed by atoms with Gasteiger partial charge in [0.25, 0.3) is 0 Å². The van der Waals surface area contributed by atoms with E-state index in [2.05, 4.69) is 245 Å². The van der Waals surface area contributed by atoms with Crippen LogP contribution in [-0.2, 0) is 12.5 Å². The molecule has 284 valence electrons. The fourth-order valence-corrected chi connectivity index (χ4v) is 9.50. The Morgan fingerprint density at radius 2 is 1.02 bits per heavy atom. The molecule has 0 saturated carbocycles. The highest BCUT2D eigenvalue weighted by Gasteiger charge is 2.39. The first kappa shape index (κ1) is 35.4. The predicted octanol–water partition coefficient (Wildman–Crippen LogP) is 12.7. The van der Waals surface area contributed by atoms with Crippen LogP contribution in [0.5, 0.6) is 0 Å². The van der Waals surface area contributed by atoms with Crippen LogP contribution in [0, 0.1) is 0 Å². The number of aromatic nitrogens is 4. The van der Waals surface area contributed by atoms with Crippen LogP contribution in [0.3, 0.4) is 0 Å². The standard InChI is InChI=1S/C56H41N4/c1-58-39-59(53-31-16-15-30-52(53)58)46-25-17-24-44(37-46)56(42-20-7-3-8-21-42,43-22-9-4-10-23-43)45-32-33-50-49-28-13-14-29-51(49)60(54(50)38-45)55-36-41(34-35-57-55)48-27-12-11-26-47(48)40-18-5-2-6-19-40/h2-39H,1H3/q+1. The highest BCUT2D eigenvalue weighted by atomic mass is 15.1. The molecule has 8 aromatic carbocycles. The Morgan fingerprint density at radius 3 is 1.77 bits per heavy atom. The molecule has 3 heterocycles. The van der Waals surface area contributed by atoms with Gasteiger partial charge in [0, 0.05) is 17.0 Å². The molecule has 0 aliphatic rings. The number of fused-ring (bicyclic) bond motifs is 4. The Kier molecular flexibility index (Phi) is 8.56. The Bertz CT molecular complexity index is 3290. The van der Waals surface area contributed by atoms with Gasteiger partial charge in [-0.05, 0) is 93.0 Å². The number of para-hydroxylation sites is 3. The van der Waals surface area contributed by atoms with Crippen molar-refractivity contribution in [1.82, 2.24) is 14.1 Å². The zero-order valence-corrected chi connectivity index (χ0v) is 33.2. The van der Waals surface area contributed by atoms with Crippen molar-refractivity contribution in [3.8, 4) is 33.8 Å². The highest BCUT2D eigenvalue weighted by molar-refractivity contribution is 6.09. The second kappa shape index (κ2) is 14.5. The summed E-state index contributed by atoms with van der Waals surface area (Å²) in [6.07, 6.45) is 4.13. The molecular formula is C56H41N4+. The van der Waals surface area contributed by atoms with Crippen LogP contribution < -0.4 is 4.57 Å². The van der Waals surface area contributed by atoms with Crippen molar-refractivity contribution in [2.24, 2.45) is 7.05 Å². The molecule has 3 aromatic heterocycles. The van der Waals surface area contributed by atoms with E-state index in [0.29, 0.717) is 0 Å². The summed E-state index contributed by atoms with van der Waals surface area (Å²) < 4.78 is 6.85. The lowest BCUT2D eigenvalue weighted by atomic mass is 9.65. The quantitative estimate of drug-likeness (QED) is 0.112. The summed E-state index contributed by atoms with van der Waals surface area (Å²) in [5.41, 5.74) is 14.4. The number of hydrogen-bond acceptors (Lipinski definition) is 1. The lowest BCUT2D eigenvalue weighted by Crippen LogP contribution is -2.31. The van der Waals surface area contributed by atoms with Gasteiger partial charge < -0.3 is 0 Å². The van der Waals surface area contributed by atoms with E-state index >= 15 is 0 Å². The summed E-state index contributed by atoms with van der Waals surface area (Å²) in [4.78, 5) is 5.11. The Morgan fingerprint density at radius 1 is 0.433 bits per heavy atom. The maximum Gasteiger partial charge on any atom is 0.249 e. The lowest BCUT2D eigenvalue weighted by molar-refractivity contribution is -0.645. The molecule has 0 atom stereocenters. The van der Waals surface area contributed by atoms with Gasteiger partial charge in [-0.3, -0.25) is 4.57 Å². The summed E-state index contributed by atoms with van der Waals surface area (Å²) in [6, 6.07) is 79.1. The minimum atomic E-state index is -0.678.